The van der Waals surface area contributed by atoms with E-state index >= 15 is 0 Å². The van der Waals surface area contributed by atoms with Crippen LogP contribution >= 0.6 is 11.3 Å². The van der Waals surface area contributed by atoms with Gasteiger partial charge in [0.05, 0.1) is 17.2 Å². The van der Waals surface area contributed by atoms with Gasteiger partial charge in [-0.05, 0) is 56.3 Å². The van der Waals surface area contributed by atoms with Crippen LogP contribution in [0.1, 0.15) is 53.7 Å². The molecule has 0 spiro atoms. The van der Waals surface area contributed by atoms with Crippen molar-refractivity contribution in [2.24, 2.45) is 5.92 Å². The second-order valence-electron chi connectivity index (χ2n) is 8.43. The number of alkyl halides is 3. The number of carbonyl (C=O) groups is 1. The average molecular weight is 449 g/mol. The van der Waals surface area contributed by atoms with Crippen LogP contribution in [0.4, 0.5) is 18.3 Å². The van der Waals surface area contributed by atoms with Gasteiger partial charge in [0.2, 0.25) is 5.91 Å². The zero-order valence-corrected chi connectivity index (χ0v) is 17.9. The molecule has 9 heteroatoms. The number of nitrogens with zero attached hydrogens (tertiary/aromatic N) is 3. The number of nitriles is 1. The molecule has 2 bridgehead atoms. The molecule has 1 N–H and O–H groups in total. The smallest absolute Gasteiger partial charge is 0.302 e. The van der Waals surface area contributed by atoms with Gasteiger partial charge >= 0.3 is 6.18 Å². The van der Waals surface area contributed by atoms with Gasteiger partial charge in [-0.2, -0.15) is 18.4 Å². The number of amides is 1. The van der Waals surface area contributed by atoms with Crippen molar-refractivity contribution in [2.75, 3.05) is 12.4 Å². The van der Waals surface area contributed by atoms with Gasteiger partial charge in [-0.3, -0.25) is 4.79 Å². The lowest BCUT2D eigenvalue weighted by Gasteiger charge is -2.36. The van der Waals surface area contributed by atoms with Crippen LogP contribution in [0.15, 0.2) is 24.4 Å². The molecular weight excluding hydrogens is 425 g/mol. The van der Waals surface area contributed by atoms with Gasteiger partial charge in [-0.1, -0.05) is 6.07 Å². The molecule has 0 saturated carbocycles. The van der Waals surface area contributed by atoms with Crippen molar-refractivity contribution >= 4 is 22.4 Å². The summed E-state index contributed by atoms with van der Waals surface area (Å²) in [7, 11) is 2.16. The second kappa shape index (κ2) is 8.60. The average Bonchev–Trinajstić information content (AvgIpc) is 3.20. The third-order valence-electron chi connectivity index (χ3n) is 6.38. The van der Waals surface area contributed by atoms with E-state index in [4.69, 9.17) is 5.26 Å². The molecule has 2 aromatic rings. The molecule has 0 unspecified atom stereocenters. The third kappa shape index (κ3) is 4.91. The summed E-state index contributed by atoms with van der Waals surface area (Å²) in [4.78, 5) is 19.7. The minimum absolute atomic E-state index is 0.0318. The number of aromatic nitrogens is 1. The summed E-state index contributed by atoms with van der Waals surface area (Å²) in [5.74, 6) is 0.269. The van der Waals surface area contributed by atoms with Crippen LogP contribution in [0.5, 0.6) is 0 Å². The lowest BCUT2D eigenvalue weighted by atomic mass is 9.88. The van der Waals surface area contributed by atoms with E-state index in [1.54, 1.807) is 6.07 Å². The molecule has 2 aliphatic rings. The summed E-state index contributed by atoms with van der Waals surface area (Å²) >= 11 is 1.18. The lowest BCUT2D eigenvalue weighted by molar-refractivity contribution is -0.138. The molecular formula is C22H23F3N4OS. The Morgan fingerprint density at radius 1 is 1.32 bits per heavy atom. The lowest BCUT2D eigenvalue weighted by Crippen LogP contribution is -2.40. The van der Waals surface area contributed by atoms with E-state index in [9.17, 15) is 18.0 Å². The van der Waals surface area contributed by atoms with Crippen LogP contribution in [0.2, 0.25) is 0 Å². The highest BCUT2D eigenvalue weighted by atomic mass is 32.1. The molecule has 0 aliphatic carbocycles. The largest absolute Gasteiger partial charge is 0.416 e. The number of carbonyl (C=O) groups excluding carboxylic acids is 1. The number of hydrogen-bond acceptors (Lipinski definition) is 5. The molecule has 5 nitrogen and oxygen atoms in total. The number of halogens is 3. The van der Waals surface area contributed by atoms with Crippen molar-refractivity contribution in [1.82, 2.24) is 9.88 Å². The van der Waals surface area contributed by atoms with Gasteiger partial charge < -0.3 is 10.2 Å². The van der Waals surface area contributed by atoms with Gasteiger partial charge in [0.15, 0.2) is 5.13 Å². The zero-order valence-electron chi connectivity index (χ0n) is 17.1. The molecule has 0 radical (unpaired) electrons. The molecule has 2 atom stereocenters. The molecule has 3 heterocycles. The number of nitrogens with one attached hydrogen (secondary N) is 1. The fraction of sp³-hybridized carbons (Fsp3) is 0.500. The normalized spacial score (nSPS) is 23.5. The highest BCUT2D eigenvalue weighted by molar-refractivity contribution is 7.15. The molecule has 31 heavy (non-hydrogen) atoms. The monoisotopic (exact) mass is 448 g/mol. The van der Waals surface area contributed by atoms with E-state index in [0.29, 0.717) is 34.4 Å². The molecule has 164 valence electrons. The molecule has 1 amide bonds. The number of anilines is 1. The Balaban J connectivity index is 1.38. The predicted molar refractivity (Wildman–Crippen MR) is 112 cm³/mol. The standard InChI is InChI=1S/C22H23F3N4OS/c1-29-16-4-5-17(29)7-14(6-16)9-20(30)28-21-27-12-18(31-21)10-15-3-2-13(11-26)8-19(15)22(23,24)25/h2-3,8,12,14,16-17H,4-7,9-10H2,1H3,(H,27,28,30)/t16-,17-/m0/s1. The number of hydrogen-bond donors (Lipinski definition) is 1. The first-order valence-corrected chi connectivity index (χ1v) is 11.1. The van der Waals surface area contributed by atoms with E-state index < -0.39 is 11.7 Å². The Morgan fingerprint density at radius 2 is 2.03 bits per heavy atom. The van der Waals surface area contributed by atoms with Crippen molar-refractivity contribution in [3.63, 3.8) is 0 Å². The van der Waals surface area contributed by atoms with Crippen LogP contribution < -0.4 is 5.32 Å². The third-order valence-corrected chi connectivity index (χ3v) is 7.29. The van der Waals surface area contributed by atoms with Crippen molar-refractivity contribution < 1.29 is 18.0 Å². The molecule has 4 rings (SSSR count). The fourth-order valence-corrected chi connectivity index (χ4v) is 5.67. The first-order valence-electron chi connectivity index (χ1n) is 10.3. The number of thiazole rings is 1. The van der Waals surface area contributed by atoms with E-state index in [0.717, 1.165) is 18.9 Å². The van der Waals surface area contributed by atoms with Crippen LogP contribution in [0, 0.1) is 17.2 Å². The Bertz CT molecular complexity index is 999. The summed E-state index contributed by atoms with van der Waals surface area (Å²) in [6.45, 7) is 0. The first-order chi connectivity index (χ1) is 14.7. The Morgan fingerprint density at radius 3 is 2.68 bits per heavy atom. The number of benzene rings is 1. The highest BCUT2D eigenvalue weighted by Crippen LogP contribution is 2.39. The second-order valence-corrected chi connectivity index (χ2v) is 9.55. The van der Waals surface area contributed by atoms with Crippen molar-refractivity contribution in [2.45, 2.75) is 56.8 Å². The maximum atomic E-state index is 13.4. The predicted octanol–water partition coefficient (Wildman–Crippen LogP) is 4.83. The van der Waals surface area contributed by atoms with E-state index in [1.807, 2.05) is 0 Å². The molecule has 2 fully saturated rings. The Labute approximate surface area is 182 Å². The van der Waals surface area contributed by atoms with E-state index in [-0.39, 0.29) is 23.5 Å². The molecule has 2 aliphatic heterocycles. The van der Waals surface area contributed by atoms with Gasteiger partial charge in [-0.15, -0.1) is 11.3 Å². The van der Waals surface area contributed by atoms with Gasteiger partial charge in [0.1, 0.15) is 0 Å². The van der Waals surface area contributed by atoms with Crippen LogP contribution in [0.25, 0.3) is 0 Å². The minimum Gasteiger partial charge on any atom is -0.302 e. The number of fused-ring (bicyclic) bond motifs is 2. The fourth-order valence-electron chi connectivity index (χ4n) is 4.82. The highest BCUT2D eigenvalue weighted by Gasteiger charge is 2.39. The minimum atomic E-state index is -4.54. The SMILES string of the molecule is CN1[C@H]2CC[C@H]1CC(CC(=O)Nc1ncc(Cc3ccc(C#N)cc3C(F)(F)F)s1)C2. The van der Waals surface area contributed by atoms with E-state index in [1.165, 1.54) is 42.5 Å². The quantitative estimate of drug-likeness (QED) is 0.712. The maximum absolute atomic E-state index is 13.4. The molecule has 2 saturated heterocycles. The maximum Gasteiger partial charge on any atom is 0.416 e. The summed E-state index contributed by atoms with van der Waals surface area (Å²) in [5.41, 5.74) is -0.770. The van der Waals surface area contributed by atoms with Gasteiger partial charge in [0, 0.05) is 36.0 Å². The van der Waals surface area contributed by atoms with Crippen molar-refractivity contribution in [3.05, 3.63) is 46.0 Å². The topological polar surface area (TPSA) is 69.0 Å². The summed E-state index contributed by atoms with van der Waals surface area (Å²) in [6, 6.07) is 6.45. The number of piperidine rings is 1. The molecule has 1 aromatic carbocycles. The van der Waals surface area contributed by atoms with Crippen molar-refractivity contribution in [3.8, 4) is 6.07 Å². The summed E-state index contributed by atoms with van der Waals surface area (Å²) in [6.07, 6.45) is 1.89. The molecule has 1 aromatic heterocycles. The Kier molecular flexibility index (Phi) is 6.04. The van der Waals surface area contributed by atoms with Crippen molar-refractivity contribution in [1.29, 1.82) is 5.26 Å². The zero-order chi connectivity index (χ0) is 22.2. The number of rotatable bonds is 5. The van der Waals surface area contributed by atoms with Crippen LogP contribution in [-0.4, -0.2) is 34.9 Å². The summed E-state index contributed by atoms with van der Waals surface area (Å²) in [5, 5.41) is 12.1. The van der Waals surface area contributed by atoms with Gasteiger partial charge in [0.25, 0.3) is 0 Å². The van der Waals surface area contributed by atoms with Crippen LogP contribution in [0.3, 0.4) is 0 Å². The first kappa shape index (κ1) is 21.8. The van der Waals surface area contributed by atoms with E-state index in [2.05, 4.69) is 22.2 Å². The van der Waals surface area contributed by atoms with Gasteiger partial charge in [-0.25, -0.2) is 4.98 Å². The summed E-state index contributed by atoms with van der Waals surface area (Å²) < 4.78 is 40.1. The Hall–Kier alpha value is -2.44. The van der Waals surface area contributed by atoms with Crippen LogP contribution in [-0.2, 0) is 17.4 Å².